The summed E-state index contributed by atoms with van der Waals surface area (Å²) in [5.74, 6) is 1.63. The first kappa shape index (κ1) is 18.0. The number of hydrogen-bond donors (Lipinski definition) is 2. The standard InChI is InChI=1S/C17H27N5O2/c1-3-18-17(19-10-6-12-22-11-5-9-16(22)23)20-13-14-7-4-8-15(21-14)24-2/h4,7-8H,3,5-6,9-13H2,1-2H3,(H2,18,19,20). The molecule has 1 aliphatic heterocycles. The average molecular weight is 333 g/mol. The van der Waals surface area contributed by atoms with E-state index in [4.69, 9.17) is 4.74 Å². The van der Waals surface area contributed by atoms with Crippen LogP contribution in [0.2, 0.25) is 0 Å². The highest BCUT2D eigenvalue weighted by Crippen LogP contribution is 2.09. The molecule has 1 aliphatic rings. The van der Waals surface area contributed by atoms with Crippen LogP contribution >= 0.6 is 0 Å². The number of nitrogens with one attached hydrogen (secondary N) is 2. The fourth-order valence-electron chi connectivity index (χ4n) is 2.58. The van der Waals surface area contributed by atoms with Gasteiger partial charge in [-0.15, -0.1) is 0 Å². The third-order valence-corrected chi connectivity index (χ3v) is 3.80. The van der Waals surface area contributed by atoms with Gasteiger partial charge in [0.15, 0.2) is 5.96 Å². The number of amides is 1. The second-order valence-electron chi connectivity index (χ2n) is 5.63. The fourth-order valence-corrected chi connectivity index (χ4v) is 2.58. The summed E-state index contributed by atoms with van der Waals surface area (Å²) in [4.78, 5) is 22.4. The molecule has 0 aromatic carbocycles. The Morgan fingerprint density at radius 2 is 2.29 bits per heavy atom. The lowest BCUT2D eigenvalue weighted by Crippen LogP contribution is -2.39. The summed E-state index contributed by atoms with van der Waals surface area (Å²) >= 11 is 0. The Bertz CT molecular complexity index is 562. The zero-order valence-corrected chi connectivity index (χ0v) is 14.5. The van der Waals surface area contributed by atoms with Gasteiger partial charge in [0.05, 0.1) is 19.3 Å². The Morgan fingerprint density at radius 1 is 1.42 bits per heavy atom. The van der Waals surface area contributed by atoms with Crippen LogP contribution < -0.4 is 15.4 Å². The topological polar surface area (TPSA) is 78.9 Å². The van der Waals surface area contributed by atoms with E-state index in [2.05, 4.69) is 20.6 Å². The first-order chi connectivity index (χ1) is 11.7. The highest BCUT2D eigenvalue weighted by Gasteiger charge is 2.18. The predicted molar refractivity (Wildman–Crippen MR) is 94.0 cm³/mol. The summed E-state index contributed by atoms with van der Waals surface area (Å²) in [6, 6.07) is 5.65. The van der Waals surface area contributed by atoms with Crippen LogP contribution in [0.5, 0.6) is 5.88 Å². The molecule has 1 aromatic heterocycles. The number of rotatable bonds is 8. The van der Waals surface area contributed by atoms with Crippen molar-refractivity contribution in [3.8, 4) is 5.88 Å². The summed E-state index contributed by atoms with van der Waals surface area (Å²) in [5, 5.41) is 6.52. The number of nitrogens with zero attached hydrogens (tertiary/aromatic N) is 3. The van der Waals surface area contributed by atoms with E-state index in [1.54, 1.807) is 7.11 Å². The Kier molecular flexibility index (Phi) is 7.32. The number of hydrogen-bond acceptors (Lipinski definition) is 4. The van der Waals surface area contributed by atoms with Gasteiger partial charge < -0.3 is 20.3 Å². The minimum Gasteiger partial charge on any atom is -0.481 e. The van der Waals surface area contributed by atoms with Gasteiger partial charge in [-0.25, -0.2) is 9.98 Å². The fraction of sp³-hybridized carbons (Fsp3) is 0.588. The molecule has 24 heavy (non-hydrogen) atoms. The molecule has 1 aromatic rings. The normalized spacial score (nSPS) is 14.8. The molecule has 0 bridgehead atoms. The first-order valence-corrected chi connectivity index (χ1v) is 8.52. The maximum absolute atomic E-state index is 11.6. The van der Waals surface area contributed by atoms with Gasteiger partial charge in [-0.2, -0.15) is 0 Å². The van der Waals surface area contributed by atoms with E-state index in [-0.39, 0.29) is 5.91 Å². The number of carbonyl (C=O) groups is 1. The Morgan fingerprint density at radius 3 is 3.00 bits per heavy atom. The third kappa shape index (κ3) is 5.72. The van der Waals surface area contributed by atoms with Crippen molar-refractivity contribution in [2.24, 2.45) is 4.99 Å². The monoisotopic (exact) mass is 333 g/mol. The maximum atomic E-state index is 11.6. The molecular weight excluding hydrogens is 306 g/mol. The van der Waals surface area contributed by atoms with E-state index in [1.807, 2.05) is 30.0 Å². The summed E-state index contributed by atoms with van der Waals surface area (Å²) < 4.78 is 5.12. The van der Waals surface area contributed by atoms with Gasteiger partial charge in [0.2, 0.25) is 11.8 Å². The van der Waals surface area contributed by atoms with E-state index < -0.39 is 0 Å². The predicted octanol–water partition coefficient (Wildman–Crippen LogP) is 1.16. The van der Waals surface area contributed by atoms with Crippen LogP contribution in [0.15, 0.2) is 23.2 Å². The molecule has 1 fully saturated rings. The first-order valence-electron chi connectivity index (χ1n) is 8.52. The molecule has 1 saturated heterocycles. The molecular formula is C17H27N5O2. The Labute approximate surface area is 143 Å². The second kappa shape index (κ2) is 9.75. The van der Waals surface area contributed by atoms with Crippen LogP contribution in [0.4, 0.5) is 0 Å². The molecule has 132 valence electrons. The number of aliphatic imine (C=N–C) groups is 1. The summed E-state index contributed by atoms with van der Waals surface area (Å²) in [6.07, 6.45) is 2.60. The third-order valence-electron chi connectivity index (χ3n) is 3.80. The zero-order valence-electron chi connectivity index (χ0n) is 14.5. The van der Waals surface area contributed by atoms with Crippen LogP contribution in [-0.2, 0) is 11.3 Å². The number of ether oxygens (including phenoxy) is 1. The maximum Gasteiger partial charge on any atom is 0.222 e. The highest BCUT2D eigenvalue weighted by molar-refractivity contribution is 5.79. The van der Waals surface area contributed by atoms with Gasteiger partial charge in [0.1, 0.15) is 0 Å². The summed E-state index contributed by atoms with van der Waals surface area (Å²) in [5.41, 5.74) is 0.856. The van der Waals surface area contributed by atoms with Crippen molar-refractivity contribution in [1.29, 1.82) is 0 Å². The molecule has 2 heterocycles. The van der Waals surface area contributed by atoms with Crippen molar-refractivity contribution in [3.63, 3.8) is 0 Å². The average Bonchev–Trinajstić information content (AvgIpc) is 3.01. The second-order valence-corrected chi connectivity index (χ2v) is 5.63. The molecule has 0 aliphatic carbocycles. The van der Waals surface area contributed by atoms with Crippen LogP contribution in [0.3, 0.4) is 0 Å². The van der Waals surface area contributed by atoms with Gasteiger partial charge in [-0.3, -0.25) is 4.79 Å². The molecule has 0 unspecified atom stereocenters. The van der Waals surface area contributed by atoms with Gasteiger partial charge in [-0.1, -0.05) is 6.07 Å². The van der Waals surface area contributed by atoms with Crippen molar-refractivity contribution in [3.05, 3.63) is 23.9 Å². The summed E-state index contributed by atoms with van der Waals surface area (Å²) in [7, 11) is 1.60. The van der Waals surface area contributed by atoms with Crippen LogP contribution in [0, 0.1) is 0 Å². The summed E-state index contributed by atoms with van der Waals surface area (Å²) in [6.45, 7) is 5.79. The Hall–Kier alpha value is -2.31. The minimum atomic E-state index is 0.277. The van der Waals surface area contributed by atoms with Crippen LogP contribution in [-0.4, -0.2) is 55.0 Å². The molecule has 0 spiro atoms. The van der Waals surface area contributed by atoms with Crippen molar-refractivity contribution < 1.29 is 9.53 Å². The number of pyridine rings is 1. The van der Waals surface area contributed by atoms with Crippen molar-refractivity contribution in [2.75, 3.05) is 33.3 Å². The van der Waals surface area contributed by atoms with Crippen molar-refractivity contribution in [1.82, 2.24) is 20.5 Å². The van der Waals surface area contributed by atoms with Crippen LogP contribution in [0.1, 0.15) is 31.9 Å². The smallest absolute Gasteiger partial charge is 0.222 e. The highest BCUT2D eigenvalue weighted by atomic mass is 16.5. The van der Waals surface area contributed by atoms with E-state index in [1.165, 1.54) is 0 Å². The zero-order chi connectivity index (χ0) is 17.2. The Balaban J connectivity index is 1.78. The van der Waals surface area contributed by atoms with Gasteiger partial charge in [-0.05, 0) is 25.8 Å². The lowest BCUT2D eigenvalue weighted by atomic mass is 10.3. The van der Waals surface area contributed by atoms with Gasteiger partial charge in [0, 0.05) is 38.7 Å². The van der Waals surface area contributed by atoms with Gasteiger partial charge >= 0.3 is 0 Å². The van der Waals surface area contributed by atoms with Crippen molar-refractivity contribution >= 4 is 11.9 Å². The molecule has 2 N–H and O–H groups in total. The van der Waals surface area contributed by atoms with E-state index in [0.29, 0.717) is 18.8 Å². The number of likely N-dealkylation sites (tertiary alicyclic amines) is 1. The molecule has 0 atom stereocenters. The molecule has 0 radical (unpaired) electrons. The number of carbonyl (C=O) groups excluding carboxylic acids is 1. The van der Waals surface area contributed by atoms with E-state index in [0.717, 1.165) is 50.7 Å². The SMILES string of the molecule is CCNC(=NCc1cccc(OC)n1)NCCCN1CCCC1=O. The van der Waals surface area contributed by atoms with E-state index >= 15 is 0 Å². The molecule has 7 heteroatoms. The molecule has 1 amide bonds. The van der Waals surface area contributed by atoms with E-state index in [9.17, 15) is 4.79 Å². The number of guanidine groups is 1. The quantitative estimate of drug-likeness (QED) is 0.424. The molecule has 7 nitrogen and oxygen atoms in total. The van der Waals surface area contributed by atoms with Crippen molar-refractivity contribution in [2.45, 2.75) is 32.7 Å². The minimum absolute atomic E-state index is 0.277. The lowest BCUT2D eigenvalue weighted by Gasteiger charge is -2.16. The number of methoxy groups -OCH3 is 1. The van der Waals surface area contributed by atoms with Crippen LogP contribution in [0.25, 0.3) is 0 Å². The molecule has 0 saturated carbocycles. The van der Waals surface area contributed by atoms with Gasteiger partial charge in [0.25, 0.3) is 0 Å². The lowest BCUT2D eigenvalue weighted by molar-refractivity contribution is -0.127. The largest absolute Gasteiger partial charge is 0.481 e. The number of aromatic nitrogens is 1. The molecule has 2 rings (SSSR count).